The Morgan fingerprint density at radius 2 is 1.62 bits per heavy atom. The van der Waals surface area contributed by atoms with Crippen molar-refractivity contribution in [3.8, 4) is 23.0 Å². The van der Waals surface area contributed by atoms with E-state index in [0.29, 0.717) is 17.2 Å². The molecule has 6 heteroatoms. The maximum atomic E-state index is 6.05. The molecule has 0 unspecified atom stereocenters. The zero-order chi connectivity index (χ0) is 18.5. The van der Waals surface area contributed by atoms with Crippen LogP contribution in [0.25, 0.3) is 10.9 Å². The molecule has 0 saturated carbocycles. The van der Waals surface area contributed by atoms with Crippen LogP contribution in [-0.2, 0) is 0 Å². The van der Waals surface area contributed by atoms with Crippen LogP contribution in [0.5, 0.6) is 23.0 Å². The van der Waals surface area contributed by atoms with Gasteiger partial charge in [0.2, 0.25) is 0 Å². The highest BCUT2D eigenvalue weighted by atomic mass is 16.5. The highest BCUT2D eigenvalue weighted by Crippen LogP contribution is 2.37. The highest BCUT2D eigenvalue weighted by Gasteiger charge is 2.11. The molecule has 3 rings (SSSR count). The minimum atomic E-state index is 0.631. The maximum Gasteiger partial charge on any atom is 0.162 e. The summed E-state index contributed by atoms with van der Waals surface area (Å²) in [5.74, 6) is 2.68. The first kappa shape index (κ1) is 17.5. The fraction of sp³-hybridized carbons (Fsp3) is 0.200. The van der Waals surface area contributed by atoms with Gasteiger partial charge in [-0.05, 0) is 36.4 Å². The van der Waals surface area contributed by atoms with E-state index >= 15 is 0 Å². The summed E-state index contributed by atoms with van der Waals surface area (Å²) in [4.78, 5) is 10.6. The van der Waals surface area contributed by atoms with E-state index < -0.39 is 0 Å². The van der Waals surface area contributed by atoms with Crippen molar-refractivity contribution in [2.45, 2.75) is 0 Å². The lowest BCUT2D eigenvalue weighted by molar-refractivity contribution is 0.355. The number of methoxy groups -OCH3 is 2. The average molecular weight is 351 g/mol. The number of hydrogen-bond acceptors (Lipinski definition) is 5. The Bertz CT molecular complexity index is 921. The fourth-order valence-corrected chi connectivity index (χ4v) is 2.45. The van der Waals surface area contributed by atoms with E-state index in [1.807, 2.05) is 61.5 Å². The molecule has 0 radical (unpaired) electrons. The number of fused-ring (bicyclic) bond motifs is 1. The van der Waals surface area contributed by atoms with Crippen molar-refractivity contribution in [1.82, 2.24) is 9.88 Å². The van der Waals surface area contributed by atoms with Gasteiger partial charge in [0.05, 0.1) is 31.8 Å². The molecule has 1 aromatic heterocycles. The van der Waals surface area contributed by atoms with Crippen molar-refractivity contribution in [1.29, 1.82) is 0 Å². The van der Waals surface area contributed by atoms with E-state index in [4.69, 9.17) is 14.2 Å². The summed E-state index contributed by atoms with van der Waals surface area (Å²) in [6, 6.07) is 13.1. The van der Waals surface area contributed by atoms with Crippen molar-refractivity contribution >= 4 is 22.9 Å². The summed E-state index contributed by atoms with van der Waals surface area (Å²) in [7, 11) is 7.07. The number of aliphatic imine (C=N–C) groups is 1. The summed E-state index contributed by atoms with van der Waals surface area (Å²) in [6.07, 6.45) is 3.46. The van der Waals surface area contributed by atoms with Crippen LogP contribution in [0, 0.1) is 0 Å². The third kappa shape index (κ3) is 3.85. The maximum absolute atomic E-state index is 6.05. The number of rotatable bonds is 6. The van der Waals surface area contributed by atoms with Crippen molar-refractivity contribution in [3.05, 3.63) is 48.7 Å². The van der Waals surface area contributed by atoms with E-state index in [0.717, 1.165) is 22.3 Å². The second-order valence-corrected chi connectivity index (χ2v) is 5.84. The number of ether oxygens (including phenoxy) is 3. The predicted octanol–water partition coefficient (Wildman–Crippen LogP) is 4.27. The molecule has 0 N–H and O–H groups in total. The van der Waals surface area contributed by atoms with Gasteiger partial charge in [-0.2, -0.15) is 0 Å². The van der Waals surface area contributed by atoms with E-state index in [-0.39, 0.29) is 0 Å². The van der Waals surface area contributed by atoms with Gasteiger partial charge in [-0.25, -0.2) is 4.99 Å². The first-order valence-corrected chi connectivity index (χ1v) is 8.10. The van der Waals surface area contributed by atoms with Gasteiger partial charge in [0.1, 0.15) is 11.5 Å². The fourth-order valence-electron chi connectivity index (χ4n) is 2.45. The molecule has 1 heterocycles. The molecule has 3 aromatic rings. The van der Waals surface area contributed by atoms with E-state index in [1.54, 1.807) is 26.8 Å². The van der Waals surface area contributed by atoms with Gasteiger partial charge in [0.25, 0.3) is 0 Å². The Hall–Kier alpha value is -3.28. The van der Waals surface area contributed by atoms with Gasteiger partial charge >= 0.3 is 0 Å². The summed E-state index contributed by atoms with van der Waals surface area (Å²) < 4.78 is 16.8. The number of hydrogen-bond donors (Lipinski definition) is 0. The molecule has 0 spiro atoms. The van der Waals surface area contributed by atoms with Crippen LogP contribution in [-0.4, -0.2) is 44.5 Å². The molecule has 0 fully saturated rings. The first-order valence-electron chi connectivity index (χ1n) is 8.10. The molecule has 0 bridgehead atoms. The van der Waals surface area contributed by atoms with Gasteiger partial charge in [0.15, 0.2) is 11.5 Å². The van der Waals surface area contributed by atoms with Gasteiger partial charge in [-0.15, -0.1) is 0 Å². The van der Waals surface area contributed by atoms with E-state index in [9.17, 15) is 0 Å². The molecular weight excluding hydrogens is 330 g/mol. The van der Waals surface area contributed by atoms with Gasteiger partial charge in [-0.1, -0.05) is 0 Å². The van der Waals surface area contributed by atoms with Crippen LogP contribution in [0.1, 0.15) is 0 Å². The first-order chi connectivity index (χ1) is 12.6. The number of nitrogens with zero attached hydrogens (tertiary/aromatic N) is 3. The molecule has 0 aliphatic carbocycles. The van der Waals surface area contributed by atoms with Crippen molar-refractivity contribution in [2.75, 3.05) is 28.3 Å². The zero-order valence-corrected chi connectivity index (χ0v) is 15.3. The van der Waals surface area contributed by atoms with Crippen LogP contribution in [0.15, 0.2) is 53.7 Å². The molecule has 0 saturated heterocycles. The molecule has 26 heavy (non-hydrogen) atoms. The molecule has 0 amide bonds. The Labute approximate surface area is 152 Å². The molecule has 0 atom stereocenters. The number of aromatic nitrogens is 1. The molecule has 6 nitrogen and oxygen atoms in total. The van der Waals surface area contributed by atoms with Crippen LogP contribution in [0.3, 0.4) is 0 Å². The van der Waals surface area contributed by atoms with Crippen LogP contribution in [0.4, 0.5) is 5.69 Å². The van der Waals surface area contributed by atoms with Crippen molar-refractivity contribution < 1.29 is 14.2 Å². The third-order valence-corrected chi connectivity index (χ3v) is 3.71. The second-order valence-electron chi connectivity index (χ2n) is 5.84. The van der Waals surface area contributed by atoms with Crippen LogP contribution < -0.4 is 14.2 Å². The largest absolute Gasteiger partial charge is 0.493 e. The minimum absolute atomic E-state index is 0.631. The lowest BCUT2D eigenvalue weighted by Crippen LogP contribution is -2.06. The quantitative estimate of drug-likeness (QED) is 0.490. The van der Waals surface area contributed by atoms with E-state index in [2.05, 4.69) is 9.98 Å². The van der Waals surface area contributed by atoms with E-state index in [1.165, 1.54) is 0 Å². The normalized spacial score (nSPS) is 10.9. The lowest BCUT2D eigenvalue weighted by atomic mass is 10.2. The smallest absolute Gasteiger partial charge is 0.162 e. The molecule has 0 aliphatic heterocycles. The zero-order valence-electron chi connectivity index (χ0n) is 15.3. The van der Waals surface area contributed by atoms with Gasteiger partial charge in [-0.3, -0.25) is 4.98 Å². The molecule has 0 aliphatic rings. The van der Waals surface area contributed by atoms with Crippen LogP contribution in [0.2, 0.25) is 0 Å². The average Bonchev–Trinajstić information content (AvgIpc) is 2.66. The summed E-state index contributed by atoms with van der Waals surface area (Å²) >= 11 is 0. The molecule has 134 valence electrons. The van der Waals surface area contributed by atoms with Gasteiger partial charge < -0.3 is 19.1 Å². The highest BCUT2D eigenvalue weighted by molar-refractivity contribution is 5.88. The summed E-state index contributed by atoms with van der Waals surface area (Å²) in [6.45, 7) is 0. The molecule has 2 aromatic carbocycles. The standard InChI is InChI=1S/C20H21N3O3/c1-23(2)13-22-14-5-7-15(8-6-14)26-18-9-10-21-17-12-20(25-4)19(24-3)11-16(17)18/h5-13H,1-4H3. The summed E-state index contributed by atoms with van der Waals surface area (Å²) in [5, 5.41) is 0.847. The number of pyridine rings is 1. The summed E-state index contributed by atoms with van der Waals surface area (Å²) in [5.41, 5.74) is 1.63. The Kier molecular flexibility index (Phi) is 5.22. The second kappa shape index (κ2) is 7.74. The molecular formula is C20H21N3O3. The van der Waals surface area contributed by atoms with Crippen LogP contribution >= 0.6 is 0 Å². The van der Waals surface area contributed by atoms with Crippen molar-refractivity contribution in [2.24, 2.45) is 4.99 Å². The Morgan fingerprint density at radius 3 is 2.27 bits per heavy atom. The predicted molar refractivity (Wildman–Crippen MR) is 103 cm³/mol. The lowest BCUT2D eigenvalue weighted by Gasteiger charge is -2.12. The van der Waals surface area contributed by atoms with Gasteiger partial charge in [0, 0.05) is 31.7 Å². The number of benzene rings is 2. The third-order valence-electron chi connectivity index (χ3n) is 3.71. The monoisotopic (exact) mass is 351 g/mol. The SMILES string of the molecule is COc1cc2nccc(Oc3ccc(N=CN(C)C)cc3)c2cc1OC. The Morgan fingerprint density at radius 1 is 0.923 bits per heavy atom. The topological polar surface area (TPSA) is 56.2 Å². The minimum Gasteiger partial charge on any atom is -0.493 e. The Balaban J connectivity index is 1.91. The van der Waals surface area contributed by atoms with Crippen molar-refractivity contribution in [3.63, 3.8) is 0 Å².